The monoisotopic (exact) mass is 280 g/mol. The minimum absolute atomic E-state index is 0.0751. The lowest BCUT2D eigenvalue weighted by atomic mass is 9.54. The highest BCUT2D eigenvalue weighted by molar-refractivity contribution is 5.66. The molecule has 0 amide bonds. The van der Waals surface area contributed by atoms with Crippen LogP contribution in [0.3, 0.4) is 0 Å². The van der Waals surface area contributed by atoms with Crippen molar-refractivity contribution in [1.29, 1.82) is 0 Å². The van der Waals surface area contributed by atoms with E-state index in [1.807, 2.05) is 13.8 Å². The number of aliphatic hydroxyl groups is 1. The molecule has 0 bridgehead atoms. The number of carbonyl (C=O) groups is 1. The summed E-state index contributed by atoms with van der Waals surface area (Å²) >= 11 is 0. The lowest BCUT2D eigenvalue weighted by Gasteiger charge is -2.55. The van der Waals surface area contributed by atoms with Gasteiger partial charge in [-0.15, -0.1) is 0 Å². The van der Waals surface area contributed by atoms with Gasteiger partial charge in [0.2, 0.25) is 0 Å². The van der Waals surface area contributed by atoms with Crippen molar-refractivity contribution < 1.29 is 14.6 Å². The summed E-state index contributed by atoms with van der Waals surface area (Å²) in [6.07, 6.45) is 5.73. The summed E-state index contributed by atoms with van der Waals surface area (Å²) in [7, 11) is 0. The molecule has 1 fully saturated rings. The second-order valence-electron chi connectivity index (χ2n) is 7.29. The van der Waals surface area contributed by atoms with Gasteiger partial charge < -0.3 is 9.84 Å². The van der Waals surface area contributed by atoms with Gasteiger partial charge in [0.15, 0.2) is 0 Å². The van der Waals surface area contributed by atoms with Crippen LogP contribution in [0.25, 0.3) is 0 Å². The predicted octanol–water partition coefficient (Wildman–Crippen LogP) is 3.46. The van der Waals surface area contributed by atoms with Crippen LogP contribution < -0.4 is 0 Å². The van der Waals surface area contributed by atoms with Crippen molar-refractivity contribution in [2.24, 2.45) is 17.3 Å². The molecule has 114 valence electrons. The molecule has 2 aliphatic carbocycles. The van der Waals surface area contributed by atoms with E-state index in [-0.39, 0.29) is 23.2 Å². The summed E-state index contributed by atoms with van der Waals surface area (Å²) in [5.74, 6) is -0.0795. The smallest absolute Gasteiger partial charge is 0.303 e. The second kappa shape index (κ2) is 5.18. The van der Waals surface area contributed by atoms with Gasteiger partial charge in [0.05, 0.1) is 0 Å². The molecule has 0 radical (unpaired) electrons. The summed E-state index contributed by atoms with van der Waals surface area (Å²) in [5.41, 5.74) is 0.492. The summed E-state index contributed by atoms with van der Waals surface area (Å²) in [4.78, 5) is 11.6. The zero-order chi connectivity index (χ0) is 15.1. The maximum Gasteiger partial charge on any atom is 0.303 e. The second-order valence-corrected chi connectivity index (χ2v) is 7.29. The van der Waals surface area contributed by atoms with Crippen molar-refractivity contribution in [2.45, 2.75) is 72.0 Å². The fourth-order valence-corrected chi connectivity index (χ4v) is 4.23. The highest BCUT2D eigenvalue weighted by Gasteiger charge is 2.57. The Morgan fingerprint density at radius 2 is 2.05 bits per heavy atom. The van der Waals surface area contributed by atoms with Gasteiger partial charge >= 0.3 is 5.97 Å². The summed E-state index contributed by atoms with van der Waals surface area (Å²) in [6, 6.07) is 0. The van der Waals surface area contributed by atoms with Crippen LogP contribution in [-0.4, -0.2) is 22.8 Å². The molecule has 0 aromatic carbocycles. The van der Waals surface area contributed by atoms with E-state index in [0.717, 1.165) is 19.3 Å². The third kappa shape index (κ3) is 2.41. The quantitative estimate of drug-likeness (QED) is 0.622. The van der Waals surface area contributed by atoms with Crippen LogP contribution in [0.1, 0.15) is 60.3 Å². The number of hydrogen-bond donors (Lipinski definition) is 1. The number of carbonyl (C=O) groups excluding carboxylic acids is 1. The maximum absolute atomic E-state index is 11.6. The normalized spacial score (nSPS) is 41.0. The number of fused-ring (bicyclic) bond motifs is 1. The van der Waals surface area contributed by atoms with Crippen molar-refractivity contribution in [3.63, 3.8) is 0 Å². The summed E-state index contributed by atoms with van der Waals surface area (Å²) in [5, 5.41) is 11.1. The van der Waals surface area contributed by atoms with E-state index in [2.05, 4.69) is 19.9 Å². The Hall–Kier alpha value is -0.830. The van der Waals surface area contributed by atoms with Crippen molar-refractivity contribution in [3.8, 4) is 0 Å². The molecular weight excluding hydrogens is 252 g/mol. The Balaban J connectivity index is 2.45. The van der Waals surface area contributed by atoms with E-state index in [0.29, 0.717) is 6.42 Å². The van der Waals surface area contributed by atoms with Crippen LogP contribution >= 0.6 is 0 Å². The van der Waals surface area contributed by atoms with Gasteiger partial charge in [-0.25, -0.2) is 0 Å². The van der Waals surface area contributed by atoms with Gasteiger partial charge in [0, 0.05) is 12.8 Å². The SMILES string of the molecule is CC(=O)O[C@@H]1C2C(C)=CCC[C@]2(C)CC[C@@]1(O)C(C)C. The van der Waals surface area contributed by atoms with Crippen molar-refractivity contribution >= 4 is 5.97 Å². The van der Waals surface area contributed by atoms with Gasteiger partial charge in [-0.2, -0.15) is 0 Å². The Morgan fingerprint density at radius 3 is 2.60 bits per heavy atom. The largest absolute Gasteiger partial charge is 0.459 e. The predicted molar refractivity (Wildman–Crippen MR) is 79.2 cm³/mol. The van der Waals surface area contributed by atoms with Crippen LogP contribution in [0.2, 0.25) is 0 Å². The van der Waals surface area contributed by atoms with Crippen LogP contribution in [0.15, 0.2) is 11.6 Å². The molecule has 0 spiro atoms. The van der Waals surface area contributed by atoms with E-state index in [1.54, 1.807) is 0 Å². The average molecular weight is 280 g/mol. The number of rotatable bonds is 2. The molecule has 0 heterocycles. The Morgan fingerprint density at radius 1 is 1.40 bits per heavy atom. The molecule has 2 rings (SSSR count). The van der Waals surface area contributed by atoms with Crippen molar-refractivity contribution in [2.75, 3.05) is 0 Å². The van der Waals surface area contributed by atoms with Gasteiger partial charge in [-0.3, -0.25) is 4.79 Å². The molecule has 3 nitrogen and oxygen atoms in total. The molecule has 1 saturated carbocycles. The van der Waals surface area contributed by atoms with Crippen LogP contribution in [0.5, 0.6) is 0 Å². The maximum atomic E-state index is 11.6. The van der Waals surface area contributed by atoms with Gasteiger partial charge in [0.25, 0.3) is 0 Å². The molecule has 2 aliphatic rings. The first-order valence-electron chi connectivity index (χ1n) is 7.77. The van der Waals surface area contributed by atoms with Crippen molar-refractivity contribution in [1.82, 2.24) is 0 Å². The van der Waals surface area contributed by atoms with Gasteiger partial charge in [-0.1, -0.05) is 32.4 Å². The topological polar surface area (TPSA) is 46.5 Å². The Kier molecular flexibility index (Phi) is 4.03. The minimum Gasteiger partial charge on any atom is -0.459 e. The van der Waals surface area contributed by atoms with E-state index in [1.165, 1.54) is 12.5 Å². The van der Waals surface area contributed by atoms with E-state index >= 15 is 0 Å². The van der Waals surface area contributed by atoms with Crippen molar-refractivity contribution in [3.05, 3.63) is 11.6 Å². The zero-order valence-corrected chi connectivity index (χ0v) is 13.4. The number of hydrogen-bond acceptors (Lipinski definition) is 3. The van der Waals surface area contributed by atoms with Gasteiger partial charge in [-0.05, 0) is 43.9 Å². The fourth-order valence-electron chi connectivity index (χ4n) is 4.23. The molecule has 0 saturated heterocycles. The third-order valence-electron chi connectivity index (χ3n) is 5.61. The molecule has 1 unspecified atom stereocenters. The fraction of sp³-hybridized carbons (Fsp3) is 0.824. The highest BCUT2D eigenvalue weighted by atomic mass is 16.6. The number of allylic oxidation sites excluding steroid dienone is 1. The third-order valence-corrected chi connectivity index (χ3v) is 5.61. The number of ether oxygens (including phenoxy) is 1. The molecule has 3 heteroatoms. The Labute approximate surface area is 122 Å². The summed E-state index contributed by atoms with van der Waals surface area (Å²) in [6.45, 7) is 9.87. The van der Waals surface area contributed by atoms with Gasteiger partial charge in [0.1, 0.15) is 11.7 Å². The molecule has 4 atom stereocenters. The molecule has 0 aromatic heterocycles. The first-order valence-corrected chi connectivity index (χ1v) is 7.77. The minimum atomic E-state index is -0.914. The van der Waals surface area contributed by atoms with E-state index < -0.39 is 11.7 Å². The number of esters is 1. The Bertz CT molecular complexity index is 426. The van der Waals surface area contributed by atoms with Crippen LogP contribution in [0, 0.1) is 17.3 Å². The first kappa shape index (κ1) is 15.6. The van der Waals surface area contributed by atoms with Crippen LogP contribution in [0.4, 0.5) is 0 Å². The molecular formula is C17H28O3. The molecule has 20 heavy (non-hydrogen) atoms. The lowest BCUT2D eigenvalue weighted by molar-refractivity contribution is -0.204. The highest BCUT2D eigenvalue weighted by Crippen LogP contribution is 2.55. The lowest BCUT2D eigenvalue weighted by Crippen LogP contribution is -2.60. The average Bonchev–Trinajstić information content (AvgIpc) is 2.33. The van der Waals surface area contributed by atoms with Crippen LogP contribution in [-0.2, 0) is 9.53 Å². The van der Waals surface area contributed by atoms with E-state index in [4.69, 9.17) is 4.74 Å². The molecule has 1 N–H and O–H groups in total. The summed E-state index contributed by atoms with van der Waals surface area (Å²) < 4.78 is 5.64. The molecule has 0 aliphatic heterocycles. The van der Waals surface area contributed by atoms with E-state index in [9.17, 15) is 9.90 Å². The zero-order valence-electron chi connectivity index (χ0n) is 13.4. The first-order chi connectivity index (χ1) is 9.20. The standard InChI is InChI=1S/C17H28O3/c1-11(2)17(19)10-9-16(5)8-6-7-12(3)14(16)15(17)20-13(4)18/h7,11,14-15,19H,6,8-10H2,1-5H3/t14?,15-,16-,17-/m1/s1. The molecule has 0 aromatic rings.